The van der Waals surface area contributed by atoms with Gasteiger partial charge in [0, 0.05) is 32.6 Å². The van der Waals surface area contributed by atoms with Crippen LogP contribution >= 0.6 is 0 Å². The Labute approximate surface area is 152 Å². The summed E-state index contributed by atoms with van der Waals surface area (Å²) in [5.74, 6) is -1.75. The average molecular weight is 354 g/mol. The van der Waals surface area contributed by atoms with E-state index in [1.54, 1.807) is 41.3 Å². The number of phenolic OH excluding ortho intramolecular Hbond substituents is 1. The molecule has 1 fully saturated rings. The second-order valence-corrected chi connectivity index (χ2v) is 6.36. The first-order valence-corrected chi connectivity index (χ1v) is 8.64. The number of carbonyl (C=O) groups excluding carboxylic acids is 1. The topological polar surface area (TPSA) is 81.1 Å². The Balaban J connectivity index is 1.61. The van der Waals surface area contributed by atoms with E-state index in [9.17, 15) is 19.8 Å². The maximum absolute atomic E-state index is 12.6. The van der Waals surface area contributed by atoms with Crippen molar-refractivity contribution in [3.63, 3.8) is 0 Å². The van der Waals surface area contributed by atoms with Crippen LogP contribution in [0.2, 0.25) is 0 Å². The Kier molecular flexibility index (Phi) is 5.41. The number of aliphatic carboxylic acids is 1. The van der Waals surface area contributed by atoms with Crippen LogP contribution < -0.4 is 4.90 Å². The van der Waals surface area contributed by atoms with Gasteiger partial charge in [-0.1, -0.05) is 42.5 Å². The minimum atomic E-state index is -0.989. The summed E-state index contributed by atoms with van der Waals surface area (Å²) in [7, 11) is 0. The normalized spacial score (nSPS) is 15.5. The number of phenols is 1. The smallest absolute Gasteiger partial charge is 0.311 e. The first kappa shape index (κ1) is 17.8. The number of amides is 1. The molecular weight excluding hydrogens is 332 g/mol. The highest BCUT2D eigenvalue weighted by molar-refractivity contribution is 5.86. The molecule has 0 spiro atoms. The van der Waals surface area contributed by atoms with Crippen LogP contribution in [0, 0.1) is 0 Å². The lowest BCUT2D eigenvalue weighted by atomic mass is 9.95. The summed E-state index contributed by atoms with van der Waals surface area (Å²) in [6.45, 7) is 2.22. The van der Waals surface area contributed by atoms with Gasteiger partial charge in [0.1, 0.15) is 5.75 Å². The summed E-state index contributed by atoms with van der Waals surface area (Å²) in [5, 5.41) is 19.4. The predicted octanol–water partition coefficient (Wildman–Crippen LogP) is 2.30. The summed E-state index contributed by atoms with van der Waals surface area (Å²) < 4.78 is 0. The molecule has 6 nitrogen and oxygen atoms in total. The highest BCUT2D eigenvalue weighted by Gasteiger charge is 2.28. The van der Waals surface area contributed by atoms with Crippen molar-refractivity contribution in [2.24, 2.45) is 0 Å². The van der Waals surface area contributed by atoms with Gasteiger partial charge in [-0.05, 0) is 17.7 Å². The average Bonchev–Trinajstić information content (AvgIpc) is 2.67. The van der Waals surface area contributed by atoms with Crippen molar-refractivity contribution in [3.8, 4) is 5.75 Å². The summed E-state index contributed by atoms with van der Waals surface area (Å²) in [5.41, 5.74) is 1.40. The van der Waals surface area contributed by atoms with Crippen molar-refractivity contribution in [1.29, 1.82) is 0 Å². The second kappa shape index (κ2) is 7.91. The highest BCUT2D eigenvalue weighted by Crippen LogP contribution is 2.28. The van der Waals surface area contributed by atoms with Crippen molar-refractivity contribution < 1.29 is 19.8 Å². The maximum atomic E-state index is 12.6. The van der Waals surface area contributed by atoms with Gasteiger partial charge in [-0.3, -0.25) is 9.59 Å². The number of hydrogen-bond acceptors (Lipinski definition) is 4. The Morgan fingerprint density at radius 2 is 1.54 bits per heavy atom. The lowest BCUT2D eigenvalue weighted by molar-refractivity contribution is -0.143. The van der Waals surface area contributed by atoms with Crippen molar-refractivity contribution in [3.05, 3.63) is 60.2 Å². The van der Waals surface area contributed by atoms with Crippen LogP contribution in [-0.2, 0) is 9.59 Å². The van der Waals surface area contributed by atoms with Gasteiger partial charge in [0.25, 0.3) is 0 Å². The third-order valence-corrected chi connectivity index (χ3v) is 4.73. The Bertz CT molecular complexity index is 770. The number of para-hydroxylation sites is 2. The molecule has 1 aliphatic rings. The zero-order valence-corrected chi connectivity index (χ0v) is 14.4. The number of piperazine rings is 1. The fraction of sp³-hybridized carbons (Fsp3) is 0.300. The lowest BCUT2D eigenvalue weighted by Gasteiger charge is -2.36. The summed E-state index contributed by atoms with van der Waals surface area (Å²) in [4.78, 5) is 27.9. The molecular formula is C20H22N2O4. The fourth-order valence-corrected chi connectivity index (χ4v) is 3.27. The quantitative estimate of drug-likeness (QED) is 0.861. The highest BCUT2D eigenvalue weighted by atomic mass is 16.4. The third-order valence-electron chi connectivity index (χ3n) is 4.73. The number of carboxylic acid groups (broad SMARTS) is 1. The Morgan fingerprint density at radius 1 is 0.923 bits per heavy atom. The van der Waals surface area contributed by atoms with E-state index in [1.165, 1.54) is 0 Å². The van der Waals surface area contributed by atoms with E-state index >= 15 is 0 Å². The maximum Gasteiger partial charge on any atom is 0.311 e. The number of carboxylic acids is 1. The molecule has 1 unspecified atom stereocenters. The Hall–Kier alpha value is -3.02. The summed E-state index contributed by atoms with van der Waals surface area (Å²) in [6, 6.07) is 16.0. The molecule has 3 rings (SSSR count). The molecule has 0 saturated carbocycles. The number of nitrogens with zero attached hydrogens (tertiary/aromatic N) is 2. The molecule has 26 heavy (non-hydrogen) atoms. The fourth-order valence-electron chi connectivity index (χ4n) is 3.27. The van der Waals surface area contributed by atoms with E-state index < -0.39 is 11.9 Å². The zero-order valence-electron chi connectivity index (χ0n) is 14.4. The standard InChI is InChI=1S/C20H22N2O4/c23-18-9-5-4-8-17(18)21-10-12-22(13-11-21)19(24)14-16(20(25)26)15-6-2-1-3-7-15/h1-9,16,23H,10-14H2,(H,25,26). The molecule has 2 aromatic carbocycles. The van der Waals surface area contributed by atoms with Crippen molar-refractivity contribution >= 4 is 17.6 Å². The third kappa shape index (κ3) is 3.96. The van der Waals surface area contributed by atoms with Gasteiger partial charge in [-0.2, -0.15) is 0 Å². The first-order chi connectivity index (χ1) is 12.6. The molecule has 6 heteroatoms. The van der Waals surface area contributed by atoms with E-state index in [1.807, 2.05) is 23.1 Å². The van der Waals surface area contributed by atoms with Crippen LogP contribution in [0.4, 0.5) is 5.69 Å². The number of hydrogen-bond donors (Lipinski definition) is 2. The summed E-state index contributed by atoms with van der Waals surface area (Å²) in [6.07, 6.45) is -0.0457. The number of anilines is 1. The molecule has 0 bridgehead atoms. The Morgan fingerprint density at radius 3 is 2.15 bits per heavy atom. The molecule has 0 aromatic heterocycles. The van der Waals surface area contributed by atoms with E-state index in [-0.39, 0.29) is 18.1 Å². The molecule has 1 amide bonds. The molecule has 1 saturated heterocycles. The molecule has 2 N–H and O–H groups in total. The monoisotopic (exact) mass is 354 g/mol. The van der Waals surface area contributed by atoms with Crippen LogP contribution in [0.15, 0.2) is 54.6 Å². The van der Waals surface area contributed by atoms with Crippen molar-refractivity contribution in [2.45, 2.75) is 12.3 Å². The van der Waals surface area contributed by atoms with Gasteiger partial charge in [-0.25, -0.2) is 0 Å². The van der Waals surface area contributed by atoms with Gasteiger partial charge < -0.3 is 20.0 Å². The first-order valence-electron chi connectivity index (χ1n) is 8.64. The van der Waals surface area contributed by atoms with E-state index in [2.05, 4.69) is 0 Å². The number of aromatic hydroxyl groups is 1. The molecule has 0 radical (unpaired) electrons. The number of rotatable bonds is 5. The van der Waals surface area contributed by atoms with Gasteiger partial charge in [-0.15, -0.1) is 0 Å². The molecule has 136 valence electrons. The van der Waals surface area contributed by atoms with Crippen LogP contribution in [-0.4, -0.2) is 53.2 Å². The predicted molar refractivity (Wildman–Crippen MR) is 98.3 cm³/mol. The van der Waals surface area contributed by atoms with Crippen molar-refractivity contribution in [1.82, 2.24) is 4.90 Å². The molecule has 1 atom stereocenters. The van der Waals surface area contributed by atoms with Gasteiger partial charge in [0.15, 0.2) is 0 Å². The van der Waals surface area contributed by atoms with E-state index in [0.717, 1.165) is 5.69 Å². The summed E-state index contributed by atoms with van der Waals surface area (Å²) >= 11 is 0. The van der Waals surface area contributed by atoms with Crippen LogP contribution in [0.25, 0.3) is 0 Å². The van der Waals surface area contributed by atoms with Crippen LogP contribution in [0.1, 0.15) is 17.9 Å². The van der Waals surface area contributed by atoms with Crippen molar-refractivity contribution in [2.75, 3.05) is 31.1 Å². The largest absolute Gasteiger partial charge is 0.506 e. The van der Waals surface area contributed by atoms with Gasteiger partial charge in [0.05, 0.1) is 11.6 Å². The molecule has 0 aliphatic carbocycles. The lowest BCUT2D eigenvalue weighted by Crippen LogP contribution is -2.49. The number of carbonyl (C=O) groups is 2. The molecule has 2 aromatic rings. The minimum absolute atomic E-state index is 0.0457. The van der Waals surface area contributed by atoms with Gasteiger partial charge in [0.2, 0.25) is 5.91 Å². The molecule has 1 heterocycles. The molecule has 1 aliphatic heterocycles. The van der Waals surface area contributed by atoms with Crippen LogP contribution in [0.3, 0.4) is 0 Å². The zero-order chi connectivity index (χ0) is 18.5. The minimum Gasteiger partial charge on any atom is -0.506 e. The van der Waals surface area contributed by atoms with Gasteiger partial charge >= 0.3 is 5.97 Å². The SMILES string of the molecule is O=C(O)C(CC(=O)N1CCN(c2ccccc2O)CC1)c1ccccc1. The second-order valence-electron chi connectivity index (χ2n) is 6.36. The van der Waals surface area contributed by atoms with E-state index in [4.69, 9.17) is 0 Å². The van der Waals surface area contributed by atoms with Crippen LogP contribution in [0.5, 0.6) is 5.75 Å². The van der Waals surface area contributed by atoms with E-state index in [0.29, 0.717) is 31.7 Å². The number of benzene rings is 2.